The number of nitrogens with one attached hydrogen (secondary N) is 1. The van der Waals surface area contributed by atoms with Crippen molar-refractivity contribution in [1.82, 2.24) is 0 Å². The van der Waals surface area contributed by atoms with Gasteiger partial charge in [-0.15, -0.1) is 0 Å². The number of anilines is 1. The fraction of sp³-hybridized carbons (Fsp3) is 0.467. The van der Waals surface area contributed by atoms with Crippen LogP contribution in [0.2, 0.25) is 0 Å². The highest BCUT2D eigenvalue weighted by atomic mass is 16.5. The Morgan fingerprint density at radius 2 is 1.80 bits per heavy atom. The second-order valence-corrected chi connectivity index (χ2v) is 5.03. The molecule has 0 atom stereocenters. The normalized spacial score (nSPS) is 15.6. The lowest BCUT2D eigenvalue weighted by Crippen LogP contribution is -2.24. The van der Waals surface area contributed by atoms with Crippen LogP contribution in [0.15, 0.2) is 24.3 Å². The van der Waals surface area contributed by atoms with E-state index in [0.29, 0.717) is 11.4 Å². The van der Waals surface area contributed by atoms with Crippen LogP contribution in [0.3, 0.4) is 0 Å². The minimum Gasteiger partial charge on any atom is -0.482 e. The summed E-state index contributed by atoms with van der Waals surface area (Å²) in [5.74, 6) is -0.349. The predicted molar refractivity (Wildman–Crippen MR) is 74.8 cm³/mol. The van der Waals surface area contributed by atoms with Gasteiger partial charge in [0.05, 0.1) is 0 Å². The minimum absolute atomic E-state index is 0.0731. The second-order valence-electron chi connectivity index (χ2n) is 5.03. The molecule has 1 aromatic carbocycles. The van der Waals surface area contributed by atoms with Gasteiger partial charge in [-0.1, -0.05) is 19.3 Å². The molecule has 1 aliphatic carbocycles. The maximum atomic E-state index is 12.0. The van der Waals surface area contributed by atoms with Crippen molar-refractivity contribution < 1.29 is 19.4 Å². The summed E-state index contributed by atoms with van der Waals surface area (Å²) in [6.45, 7) is -0.367. The standard InChI is InChI=1S/C15H19NO4/c17-14(18)10-20-13-8-6-12(7-9-13)16-15(19)11-4-2-1-3-5-11/h6-9,11H,1-5,10H2,(H,16,19)(H,17,18). The second kappa shape index (κ2) is 6.93. The van der Waals surface area contributed by atoms with Crippen molar-refractivity contribution in [3.63, 3.8) is 0 Å². The summed E-state index contributed by atoms with van der Waals surface area (Å²) in [6, 6.07) is 6.74. The summed E-state index contributed by atoms with van der Waals surface area (Å²) < 4.78 is 5.03. The molecule has 5 nitrogen and oxygen atoms in total. The van der Waals surface area contributed by atoms with Crippen LogP contribution in [-0.2, 0) is 9.59 Å². The van der Waals surface area contributed by atoms with E-state index in [1.165, 1.54) is 6.42 Å². The lowest BCUT2D eigenvalue weighted by Gasteiger charge is -2.20. The molecule has 1 fully saturated rings. The predicted octanol–water partition coefficient (Wildman–Crippen LogP) is 2.67. The number of aliphatic carboxylic acids is 1. The smallest absolute Gasteiger partial charge is 0.341 e. The van der Waals surface area contributed by atoms with Crippen molar-refractivity contribution in [3.05, 3.63) is 24.3 Å². The highest BCUT2D eigenvalue weighted by Crippen LogP contribution is 2.25. The van der Waals surface area contributed by atoms with E-state index in [9.17, 15) is 9.59 Å². The molecule has 0 radical (unpaired) electrons. The van der Waals surface area contributed by atoms with E-state index in [4.69, 9.17) is 9.84 Å². The molecular formula is C15H19NO4. The summed E-state index contributed by atoms with van der Waals surface area (Å²) in [6.07, 6.45) is 5.40. The third-order valence-electron chi connectivity index (χ3n) is 3.46. The lowest BCUT2D eigenvalue weighted by atomic mass is 9.88. The summed E-state index contributed by atoms with van der Waals surface area (Å²) in [5, 5.41) is 11.4. The first kappa shape index (κ1) is 14.4. The highest BCUT2D eigenvalue weighted by Gasteiger charge is 2.20. The first-order chi connectivity index (χ1) is 9.65. The van der Waals surface area contributed by atoms with E-state index in [0.717, 1.165) is 25.7 Å². The van der Waals surface area contributed by atoms with Gasteiger partial charge in [0, 0.05) is 11.6 Å². The van der Waals surface area contributed by atoms with Crippen molar-refractivity contribution in [3.8, 4) is 5.75 Å². The van der Waals surface area contributed by atoms with Gasteiger partial charge in [0.15, 0.2) is 6.61 Å². The SMILES string of the molecule is O=C(O)COc1ccc(NC(=O)C2CCCCC2)cc1. The topological polar surface area (TPSA) is 75.6 Å². The van der Waals surface area contributed by atoms with E-state index in [2.05, 4.69) is 5.32 Å². The van der Waals surface area contributed by atoms with Crippen LogP contribution in [0.25, 0.3) is 0 Å². The monoisotopic (exact) mass is 277 g/mol. The Morgan fingerprint density at radius 3 is 2.40 bits per heavy atom. The van der Waals surface area contributed by atoms with Crippen LogP contribution in [0, 0.1) is 5.92 Å². The van der Waals surface area contributed by atoms with Crippen molar-refractivity contribution in [2.75, 3.05) is 11.9 Å². The van der Waals surface area contributed by atoms with Gasteiger partial charge >= 0.3 is 5.97 Å². The van der Waals surface area contributed by atoms with E-state index < -0.39 is 5.97 Å². The summed E-state index contributed by atoms with van der Waals surface area (Å²) in [5.41, 5.74) is 0.711. The zero-order chi connectivity index (χ0) is 14.4. The molecule has 1 aromatic rings. The van der Waals surface area contributed by atoms with Crippen LogP contribution in [0.5, 0.6) is 5.75 Å². The van der Waals surface area contributed by atoms with Gasteiger partial charge in [0.25, 0.3) is 0 Å². The Kier molecular flexibility index (Phi) is 4.98. The number of carboxylic acid groups (broad SMARTS) is 1. The van der Waals surface area contributed by atoms with Gasteiger partial charge in [-0.25, -0.2) is 4.79 Å². The fourth-order valence-corrected chi connectivity index (χ4v) is 2.39. The molecule has 1 saturated carbocycles. The number of benzene rings is 1. The molecule has 0 saturated heterocycles. The number of hydrogen-bond donors (Lipinski definition) is 2. The molecule has 0 heterocycles. The zero-order valence-electron chi connectivity index (χ0n) is 11.3. The number of ether oxygens (including phenoxy) is 1. The maximum Gasteiger partial charge on any atom is 0.341 e. The van der Waals surface area contributed by atoms with Gasteiger partial charge in [-0.2, -0.15) is 0 Å². The number of rotatable bonds is 5. The van der Waals surface area contributed by atoms with Crippen LogP contribution < -0.4 is 10.1 Å². The van der Waals surface area contributed by atoms with Crippen LogP contribution >= 0.6 is 0 Å². The van der Waals surface area contributed by atoms with E-state index >= 15 is 0 Å². The van der Waals surface area contributed by atoms with Gasteiger partial charge in [0.1, 0.15) is 5.75 Å². The van der Waals surface area contributed by atoms with Gasteiger partial charge in [0.2, 0.25) is 5.91 Å². The Hall–Kier alpha value is -2.04. The van der Waals surface area contributed by atoms with Gasteiger partial charge in [-0.3, -0.25) is 4.79 Å². The molecule has 20 heavy (non-hydrogen) atoms. The Labute approximate surface area is 117 Å². The van der Waals surface area contributed by atoms with Gasteiger partial charge in [-0.05, 0) is 37.1 Å². The Bertz CT molecular complexity index is 463. The van der Waals surface area contributed by atoms with Crippen LogP contribution in [-0.4, -0.2) is 23.6 Å². The van der Waals surface area contributed by atoms with Crippen molar-refractivity contribution >= 4 is 17.6 Å². The number of hydrogen-bond acceptors (Lipinski definition) is 3. The molecule has 0 unspecified atom stereocenters. The number of amides is 1. The molecule has 2 N–H and O–H groups in total. The molecule has 0 aromatic heterocycles. The van der Waals surface area contributed by atoms with E-state index in [-0.39, 0.29) is 18.4 Å². The molecule has 108 valence electrons. The molecule has 0 bridgehead atoms. The van der Waals surface area contributed by atoms with Crippen LogP contribution in [0.4, 0.5) is 5.69 Å². The fourth-order valence-electron chi connectivity index (χ4n) is 2.39. The number of carbonyl (C=O) groups is 2. The summed E-state index contributed by atoms with van der Waals surface area (Å²) in [4.78, 5) is 22.4. The minimum atomic E-state index is -1.01. The summed E-state index contributed by atoms with van der Waals surface area (Å²) >= 11 is 0. The third-order valence-corrected chi connectivity index (χ3v) is 3.46. The molecule has 5 heteroatoms. The Morgan fingerprint density at radius 1 is 1.15 bits per heavy atom. The first-order valence-electron chi connectivity index (χ1n) is 6.90. The molecule has 2 rings (SSSR count). The molecular weight excluding hydrogens is 258 g/mol. The number of carbonyl (C=O) groups excluding carboxylic acids is 1. The van der Waals surface area contributed by atoms with Crippen molar-refractivity contribution in [2.45, 2.75) is 32.1 Å². The summed E-state index contributed by atoms with van der Waals surface area (Å²) in [7, 11) is 0. The molecule has 1 amide bonds. The van der Waals surface area contributed by atoms with Gasteiger partial charge < -0.3 is 15.2 Å². The number of carboxylic acids is 1. The van der Waals surface area contributed by atoms with Crippen molar-refractivity contribution in [1.29, 1.82) is 0 Å². The average Bonchev–Trinajstić information content (AvgIpc) is 2.47. The van der Waals surface area contributed by atoms with E-state index in [1.807, 2.05) is 0 Å². The molecule has 0 aliphatic heterocycles. The first-order valence-corrected chi connectivity index (χ1v) is 6.90. The third kappa shape index (κ3) is 4.26. The van der Waals surface area contributed by atoms with Crippen LogP contribution in [0.1, 0.15) is 32.1 Å². The Balaban J connectivity index is 1.86. The lowest BCUT2D eigenvalue weighted by molar-refractivity contribution is -0.139. The molecule has 0 spiro atoms. The highest BCUT2D eigenvalue weighted by molar-refractivity contribution is 5.92. The maximum absolute atomic E-state index is 12.0. The zero-order valence-corrected chi connectivity index (χ0v) is 11.3. The largest absolute Gasteiger partial charge is 0.482 e. The average molecular weight is 277 g/mol. The quantitative estimate of drug-likeness (QED) is 0.867. The molecule has 1 aliphatic rings. The van der Waals surface area contributed by atoms with Crippen molar-refractivity contribution in [2.24, 2.45) is 5.92 Å². The van der Waals surface area contributed by atoms with E-state index in [1.54, 1.807) is 24.3 Å².